The normalized spacial score (nSPS) is 10.4. The lowest BCUT2D eigenvalue weighted by Crippen LogP contribution is -2.30. The summed E-state index contributed by atoms with van der Waals surface area (Å²) in [5.41, 5.74) is 2.21. The second-order valence-corrected chi connectivity index (χ2v) is 7.48. The Morgan fingerprint density at radius 1 is 1.07 bits per heavy atom. The van der Waals surface area contributed by atoms with Crippen molar-refractivity contribution >= 4 is 34.8 Å². The molecule has 0 saturated heterocycles. The molecule has 0 aliphatic heterocycles. The van der Waals surface area contributed by atoms with Crippen LogP contribution in [0, 0.1) is 6.92 Å². The Morgan fingerprint density at radius 2 is 1.71 bits per heavy atom. The van der Waals surface area contributed by atoms with Crippen LogP contribution < -0.4 is 5.32 Å². The van der Waals surface area contributed by atoms with E-state index < -0.39 is 11.9 Å². The number of hydrogen-bond acceptors (Lipinski definition) is 5. The van der Waals surface area contributed by atoms with E-state index in [1.807, 2.05) is 33.8 Å². The van der Waals surface area contributed by atoms with Crippen molar-refractivity contribution in [2.24, 2.45) is 0 Å². The number of amides is 2. The van der Waals surface area contributed by atoms with E-state index in [9.17, 15) is 14.4 Å². The molecule has 2 rings (SSSR count). The van der Waals surface area contributed by atoms with Gasteiger partial charge in [-0.15, -0.1) is 11.3 Å². The summed E-state index contributed by atoms with van der Waals surface area (Å²) in [4.78, 5) is 39.7. The molecular formula is C21H26N2O4S. The topological polar surface area (TPSA) is 75.7 Å². The lowest BCUT2D eigenvalue weighted by atomic mass is 10.2. The minimum Gasteiger partial charge on any atom is -0.451 e. The van der Waals surface area contributed by atoms with E-state index in [2.05, 4.69) is 5.32 Å². The highest BCUT2D eigenvalue weighted by atomic mass is 32.1. The maximum atomic E-state index is 12.3. The van der Waals surface area contributed by atoms with Crippen LogP contribution in [0.2, 0.25) is 0 Å². The fraction of sp³-hybridized carbons (Fsp3) is 0.381. The summed E-state index contributed by atoms with van der Waals surface area (Å²) in [6, 6.07) is 8.47. The monoisotopic (exact) mass is 402 g/mol. The number of hydrogen-bond donors (Lipinski definition) is 1. The van der Waals surface area contributed by atoms with Gasteiger partial charge in [0.2, 0.25) is 0 Å². The van der Waals surface area contributed by atoms with Crippen LogP contribution in [0.15, 0.2) is 30.3 Å². The van der Waals surface area contributed by atoms with E-state index in [0.29, 0.717) is 29.2 Å². The average molecular weight is 403 g/mol. The van der Waals surface area contributed by atoms with Crippen LogP contribution >= 0.6 is 11.3 Å². The Kier molecular flexibility index (Phi) is 7.75. The minimum absolute atomic E-state index is 0.0468. The first kappa shape index (κ1) is 21.6. The van der Waals surface area contributed by atoms with E-state index in [-0.39, 0.29) is 12.5 Å². The van der Waals surface area contributed by atoms with Gasteiger partial charge in [0.1, 0.15) is 4.88 Å². The molecule has 0 saturated carbocycles. The van der Waals surface area contributed by atoms with E-state index in [4.69, 9.17) is 4.74 Å². The number of thiophene rings is 1. The molecule has 1 aromatic carbocycles. The lowest BCUT2D eigenvalue weighted by Gasteiger charge is -2.18. The first-order valence-electron chi connectivity index (χ1n) is 9.35. The average Bonchev–Trinajstić information content (AvgIpc) is 3.08. The Hall–Kier alpha value is -2.67. The van der Waals surface area contributed by atoms with Crippen LogP contribution in [0.4, 0.5) is 5.69 Å². The van der Waals surface area contributed by atoms with Crippen LogP contribution in [-0.2, 0) is 16.0 Å². The summed E-state index contributed by atoms with van der Waals surface area (Å²) < 4.78 is 5.10. The highest BCUT2D eigenvalue weighted by Crippen LogP contribution is 2.22. The predicted molar refractivity (Wildman–Crippen MR) is 111 cm³/mol. The third-order valence-electron chi connectivity index (χ3n) is 4.40. The van der Waals surface area contributed by atoms with Crippen LogP contribution in [0.1, 0.15) is 51.2 Å². The second-order valence-electron chi connectivity index (χ2n) is 6.22. The summed E-state index contributed by atoms with van der Waals surface area (Å²) in [6.07, 6.45) is 0.850. The van der Waals surface area contributed by atoms with Crippen molar-refractivity contribution in [2.45, 2.75) is 34.1 Å². The molecule has 2 aromatic rings. The second kappa shape index (κ2) is 10.0. The van der Waals surface area contributed by atoms with Crippen LogP contribution in [0.5, 0.6) is 0 Å². The van der Waals surface area contributed by atoms with Crippen molar-refractivity contribution in [3.8, 4) is 0 Å². The van der Waals surface area contributed by atoms with Crippen LogP contribution in [-0.4, -0.2) is 42.4 Å². The van der Waals surface area contributed by atoms with Gasteiger partial charge in [0.25, 0.3) is 11.8 Å². The Labute approximate surface area is 169 Å². The van der Waals surface area contributed by atoms with E-state index in [1.165, 1.54) is 11.3 Å². The third-order valence-corrected chi connectivity index (χ3v) is 5.48. The molecule has 1 N–H and O–H groups in total. The molecule has 2 amide bonds. The highest BCUT2D eigenvalue weighted by molar-refractivity contribution is 7.14. The zero-order chi connectivity index (χ0) is 20.7. The molecule has 0 radical (unpaired) electrons. The predicted octanol–water partition coefficient (Wildman–Crippen LogP) is 3.90. The first-order chi connectivity index (χ1) is 13.4. The third kappa shape index (κ3) is 5.42. The molecule has 1 heterocycles. The Morgan fingerprint density at radius 3 is 2.25 bits per heavy atom. The molecule has 0 unspecified atom stereocenters. The van der Waals surface area contributed by atoms with Gasteiger partial charge >= 0.3 is 5.97 Å². The quantitative estimate of drug-likeness (QED) is 0.680. The van der Waals surface area contributed by atoms with Crippen molar-refractivity contribution in [3.05, 3.63) is 51.2 Å². The molecule has 7 heteroatoms. The first-order valence-corrected chi connectivity index (χ1v) is 10.2. The summed E-state index contributed by atoms with van der Waals surface area (Å²) in [7, 11) is 0. The fourth-order valence-electron chi connectivity index (χ4n) is 2.76. The largest absolute Gasteiger partial charge is 0.451 e. The maximum Gasteiger partial charge on any atom is 0.348 e. The van der Waals surface area contributed by atoms with E-state index in [0.717, 1.165) is 16.9 Å². The molecule has 6 nitrogen and oxygen atoms in total. The molecule has 0 spiro atoms. The molecular weight excluding hydrogens is 376 g/mol. The zero-order valence-corrected chi connectivity index (χ0v) is 17.5. The van der Waals surface area contributed by atoms with E-state index in [1.54, 1.807) is 29.2 Å². The minimum atomic E-state index is -0.497. The van der Waals surface area contributed by atoms with Gasteiger partial charge in [-0.3, -0.25) is 9.59 Å². The number of ether oxygens (including phenoxy) is 1. The Bertz CT molecular complexity index is 839. The Balaban J connectivity index is 1.88. The van der Waals surface area contributed by atoms with E-state index >= 15 is 0 Å². The molecule has 0 aliphatic rings. The maximum absolute atomic E-state index is 12.3. The number of rotatable bonds is 8. The lowest BCUT2D eigenvalue weighted by molar-refractivity contribution is -0.119. The smallest absolute Gasteiger partial charge is 0.348 e. The molecule has 0 bridgehead atoms. The van der Waals surface area contributed by atoms with Crippen molar-refractivity contribution < 1.29 is 19.1 Å². The number of anilines is 1. The van der Waals surface area contributed by atoms with Crippen LogP contribution in [0.3, 0.4) is 0 Å². The number of carbonyl (C=O) groups is 3. The van der Waals surface area contributed by atoms with Gasteiger partial charge in [-0.2, -0.15) is 0 Å². The number of carbonyl (C=O) groups excluding carboxylic acids is 3. The zero-order valence-electron chi connectivity index (χ0n) is 16.7. The van der Waals surface area contributed by atoms with Gasteiger partial charge in [0.15, 0.2) is 6.61 Å². The number of aryl methyl sites for hydroxylation is 2. The highest BCUT2D eigenvalue weighted by Gasteiger charge is 2.15. The van der Waals surface area contributed by atoms with Crippen molar-refractivity contribution in [1.29, 1.82) is 0 Å². The van der Waals surface area contributed by atoms with Gasteiger partial charge in [0, 0.05) is 29.2 Å². The molecule has 0 fully saturated rings. The van der Waals surface area contributed by atoms with Crippen LogP contribution in [0.25, 0.3) is 0 Å². The van der Waals surface area contributed by atoms with Gasteiger partial charge in [0.05, 0.1) is 0 Å². The number of esters is 1. The molecule has 0 aliphatic carbocycles. The van der Waals surface area contributed by atoms with Gasteiger partial charge in [-0.25, -0.2) is 4.79 Å². The number of nitrogens with one attached hydrogen (secondary N) is 1. The van der Waals surface area contributed by atoms with Gasteiger partial charge in [-0.1, -0.05) is 6.92 Å². The molecule has 0 atom stereocenters. The standard InChI is InChI=1S/C21H26N2O4S/c1-5-15-12-18(28-14(15)4)21(26)27-13-19(24)22-17-10-8-16(9-11-17)20(25)23(6-2)7-3/h8-12H,5-7,13H2,1-4H3,(H,22,24). The molecule has 28 heavy (non-hydrogen) atoms. The fourth-order valence-corrected chi connectivity index (χ4v) is 3.77. The van der Waals surface area contributed by atoms with Crippen molar-refractivity contribution in [3.63, 3.8) is 0 Å². The summed E-state index contributed by atoms with van der Waals surface area (Å²) >= 11 is 1.37. The molecule has 150 valence electrons. The van der Waals surface area contributed by atoms with Gasteiger partial charge < -0.3 is 15.0 Å². The summed E-state index contributed by atoms with van der Waals surface area (Å²) in [6.45, 7) is 8.76. The van der Waals surface area contributed by atoms with Crippen molar-refractivity contribution in [2.75, 3.05) is 25.0 Å². The summed E-state index contributed by atoms with van der Waals surface area (Å²) in [5.74, 6) is -0.974. The number of benzene rings is 1. The number of nitrogens with zero attached hydrogens (tertiary/aromatic N) is 1. The summed E-state index contributed by atoms with van der Waals surface area (Å²) in [5, 5.41) is 2.66. The van der Waals surface area contributed by atoms with Crippen molar-refractivity contribution in [1.82, 2.24) is 4.90 Å². The molecule has 1 aromatic heterocycles. The SMILES string of the molecule is CCc1cc(C(=O)OCC(=O)Nc2ccc(C(=O)N(CC)CC)cc2)sc1C. The van der Waals surface area contributed by atoms with Gasteiger partial charge in [-0.05, 0) is 63.1 Å².